The number of nitro groups is 1. The van der Waals surface area contributed by atoms with Gasteiger partial charge in [-0.05, 0) is 12.3 Å². The SMILES string of the molecule is CC(C)CC(CN)NC(=O)c1cc([N+](=O)[O-])cnc1Cl. The first-order chi connectivity index (χ1) is 9.35. The molecule has 0 aromatic carbocycles. The molecule has 0 aliphatic rings. The molecule has 1 amide bonds. The molecule has 0 spiro atoms. The van der Waals surface area contributed by atoms with Crippen molar-refractivity contribution in [1.29, 1.82) is 0 Å². The molecule has 1 aromatic heterocycles. The number of rotatable bonds is 6. The van der Waals surface area contributed by atoms with Crippen LogP contribution < -0.4 is 11.1 Å². The summed E-state index contributed by atoms with van der Waals surface area (Å²) < 4.78 is 0. The Kier molecular flexibility index (Phi) is 5.84. The summed E-state index contributed by atoms with van der Waals surface area (Å²) in [4.78, 5) is 25.8. The van der Waals surface area contributed by atoms with Crippen LogP contribution in [-0.2, 0) is 0 Å². The molecule has 1 rings (SSSR count). The Morgan fingerprint density at radius 1 is 1.60 bits per heavy atom. The Labute approximate surface area is 121 Å². The van der Waals surface area contributed by atoms with Gasteiger partial charge < -0.3 is 11.1 Å². The molecular weight excluding hydrogens is 284 g/mol. The predicted octanol–water partition coefficient (Wildman–Crippen LogP) is 1.75. The molecule has 8 heteroatoms. The lowest BCUT2D eigenvalue weighted by atomic mass is 10.0. The summed E-state index contributed by atoms with van der Waals surface area (Å²) in [7, 11) is 0. The number of aromatic nitrogens is 1. The Bertz CT molecular complexity index is 507. The van der Waals surface area contributed by atoms with E-state index in [9.17, 15) is 14.9 Å². The van der Waals surface area contributed by atoms with Crippen LogP contribution >= 0.6 is 11.6 Å². The number of carbonyl (C=O) groups excluding carboxylic acids is 1. The number of pyridine rings is 1. The first-order valence-electron chi connectivity index (χ1n) is 6.16. The fraction of sp³-hybridized carbons (Fsp3) is 0.500. The van der Waals surface area contributed by atoms with E-state index >= 15 is 0 Å². The minimum Gasteiger partial charge on any atom is -0.348 e. The van der Waals surface area contributed by atoms with Crippen molar-refractivity contribution >= 4 is 23.2 Å². The summed E-state index contributed by atoms with van der Waals surface area (Å²) in [5, 5.41) is 13.3. The molecule has 7 nitrogen and oxygen atoms in total. The van der Waals surface area contributed by atoms with Crippen molar-refractivity contribution in [2.24, 2.45) is 11.7 Å². The van der Waals surface area contributed by atoms with Crippen molar-refractivity contribution in [3.63, 3.8) is 0 Å². The lowest BCUT2D eigenvalue weighted by molar-refractivity contribution is -0.385. The first kappa shape index (κ1) is 16.3. The average molecular weight is 301 g/mol. The van der Waals surface area contributed by atoms with Gasteiger partial charge in [-0.3, -0.25) is 14.9 Å². The smallest absolute Gasteiger partial charge is 0.288 e. The van der Waals surface area contributed by atoms with E-state index in [1.54, 1.807) is 0 Å². The van der Waals surface area contributed by atoms with Gasteiger partial charge >= 0.3 is 0 Å². The third-order valence-electron chi connectivity index (χ3n) is 2.66. The van der Waals surface area contributed by atoms with Gasteiger partial charge in [0.25, 0.3) is 11.6 Å². The molecule has 0 radical (unpaired) electrons. The van der Waals surface area contributed by atoms with E-state index in [4.69, 9.17) is 17.3 Å². The molecule has 1 unspecified atom stereocenters. The number of amides is 1. The van der Waals surface area contributed by atoms with Crippen LogP contribution in [-0.4, -0.2) is 28.4 Å². The Hall–Kier alpha value is -1.73. The van der Waals surface area contributed by atoms with E-state index in [0.717, 1.165) is 12.3 Å². The quantitative estimate of drug-likeness (QED) is 0.472. The summed E-state index contributed by atoms with van der Waals surface area (Å²) in [6.45, 7) is 4.30. The average Bonchev–Trinajstić information content (AvgIpc) is 2.37. The Morgan fingerprint density at radius 3 is 2.75 bits per heavy atom. The highest BCUT2D eigenvalue weighted by atomic mass is 35.5. The fourth-order valence-corrected chi connectivity index (χ4v) is 1.93. The van der Waals surface area contributed by atoms with Crippen molar-refractivity contribution in [3.8, 4) is 0 Å². The van der Waals surface area contributed by atoms with E-state index < -0.39 is 10.8 Å². The zero-order valence-electron chi connectivity index (χ0n) is 11.3. The number of nitrogens with one attached hydrogen (secondary N) is 1. The molecule has 1 aromatic rings. The number of halogens is 1. The van der Waals surface area contributed by atoms with Crippen LogP contribution in [0.2, 0.25) is 5.15 Å². The summed E-state index contributed by atoms with van der Waals surface area (Å²) in [5.74, 6) is -0.148. The molecule has 110 valence electrons. The predicted molar refractivity (Wildman–Crippen MR) is 75.7 cm³/mol. The molecular formula is C12H17ClN4O3. The monoisotopic (exact) mass is 300 g/mol. The second kappa shape index (κ2) is 7.16. The van der Waals surface area contributed by atoms with Crippen LogP contribution in [0.4, 0.5) is 5.69 Å². The highest BCUT2D eigenvalue weighted by molar-refractivity contribution is 6.32. The molecule has 20 heavy (non-hydrogen) atoms. The second-order valence-corrected chi connectivity index (χ2v) is 5.18. The van der Waals surface area contributed by atoms with Gasteiger partial charge in [0.05, 0.1) is 10.5 Å². The molecule has 0 aliphatic heterocycles. The van der Waals surface area contributed by atoms with Gasteiger partial charge in [0.15, 0.2) is 0 Å². The van der Waals surface area contributed by atoms with Crippen LogP contribution in [0.3, 0.4) is 0 Å². The van der Waals surface area contributed by atoms with Crippen LogP contribution in [0, 0.1) is 16.0 Å². The number of nitrogens with zero attached hydrogens (tertiary/aromatic N) is 2. The van der Waals surface area contributed by atoms with Gasteiger partial charge in [-0.15, -0.1) is 0 Å². The standard InChI is InChI=1S/C12H17ClN4O3/c1-7(2)3-8(5-14)16-12(18)10-4-9(17(19)20)6-15-11(10)13/h4,6-8H,3,5,14H2,1-2H3,(H,16,18). The lowest BCUT2D eigenvalue weighted by Crippen LogP contribution is -2.41. The molecule has 1 atom stereocenters. The molecule has 0 saturated heterocycles. The summed E-state index contributed by atoms with van der Waals surface area (Å²) in [6, 6.07) is 0.894. The number of carbonyl (C=O) groups is 1. The second-order valence-electron chi connectivity index (χ2n) is 4.82. The highest BCUT2D eigenvalue weighted by Crippen LogP contribution is 2.19. The molecule has 0 bridgehead atoms. The number of hydrogen-bond donors (Lipinski definition) is 2. The van der Waals surface area contributed by atoms with Crippen molar-refractivity contribution in [2.75, 3.05) is 6.54 Å². The molecule has 0 saturated carbocycles. The summed E-state index contributed by atoms with van der Waals surface area (Å²) >= 11 is 5.80. The van der Waals surface area contributed by atoms with Crippen LogP contribution in [0.5, 0.6) is 0 Å². The van der Waals surface area contributed by atoms with Gasteiger partial charge in [-0.25, -0.2) is 4.98 Å². The first-order valence-corrected chi connectivity index (χ1v) is 6.53. The van der Waals surface area contributed by atoms with E-state index in [1.165, 1.54) is 0 Å². The molecule has 1 heterocycles. The highest BCUT2D eigenvalue weighted by Gasteiger charge is 2.20. The fourth-order valence-electron chi connectivity index (χ4n) is 1.74. The number of nitrogens with two attached hydrogens (primary N) is 1. The van der Waals surface area contributed by atoms with Crippen molar-refractivity contribution < 1.29 is 9.72 Å². The van der Waals surface area contributed by atoms with E-state index in [2.05, 4.69) is 10.3 Å². The lowest BCUT2D eigenvalue weighted by Gasteiger charge is -2.18. The van der Waals surface area contributed by atoms with Crippen molar-refractivity contribution in [3.05, 3.63) is 33.1 Å². The topological polar surface area (TPSA) is 111 Å². The van der Waals surface area contributed by atoms with Crippen LogP contribution in [0.1, 0.15) is 30.6 Å². The maximum absolute atomic E-state index is 12.1. The van der Waals surface area contributed by atoms with Crippen molar-refractivity contribution in [1.82, 2.24) is 10.3 Å². The van der Waals surface area contributed by atoms with Gasteiger partial charge in [-0.2, -0.15) is 0 Å². The summed E-state index contributed by atoms with van der Waals surface area (Å²) in [6.07, 6.45) is 1.72. The third kappa shape index (κ3) is 4.43. The van der Waals surface area contributed by atoms with E-state index in [1.807, 2.05) is 13.8 Å². The largest absolute Gasteiger partial charge is 0.348 e. The van der Waals surface area contributed by atoms with Gasteiger partial charge in [0.2, 0.25) is 0 Å². The zero-order chi connectivity index (χ0) is 15.3. The molecule has 0 aliphatic carbocycles. The van der Waals surface area contributed by atoms with E-state index in [-0.39, 0.29) is 29.0 Å². The third-order valence-corrected chi connectivity index (χ3v) is 2.96. The molecule has 3 N–H and O–H groups in total. The number of hydrogen-bond acceptors (Lipinski definition) is 5. The molecule has 0 fully saturated rings. The maximum atomic E-state index is 12.1. The van der Waals surface area contributed by atoms with Gasteiger partial charge in [0.1, 0.15) is 11.3 Å². The van der Waals surface area contributed by atoms with Crippen molar-refractivity contribution in [2.45, 2.75) is 26.3 Å². The Morgan fingerprint density at radius 2 is 2.25 bits per heavy atom. The van der Waals surface area contributed by atoms with E-state index in [0.29, 0.717) is 12.3 Å². The summed E-state index contributed by atoms with van der Waals surface area (Å²) in [5.41, 5.74) is 5.28. The maximum Gasteiger partial charge on any atom is 0.288 e. The normalized spacial score (nSPS) is 12.2. The van der Waals surface area contributed by atoms with Gasteiger partial charge in [0, 0.05) is 18.7 Å². The van der Waals surface area contributed by atoms with Crippen LogP contribution in [0.15, 0.2) is 12.3 Å². The van der Waals surface area contributed by atoms with Crippen LogP contribution in [0.25, 0.3) is 0 Å². The Balaban J connectivity index is 2.91. The minimum atomic E-state index is -0.630. The minimum absolute atomic E-state index is 0.0249. The van der Waals surface area contributed by atoms with Gasteiger partial charge in [-0.1, -0.05) is 25.4 Å². The zero-order valence-corrected chi connectivity index (χ0v) is 12.1.